The predicted octanol–water partition coefficient (Wildman–Crippen LogP) is 3.09. The summed E-state index contributed by atoms with van der Waals surface area (Å²) in [6.07, 6.45) is 0. The molecule has 0 bridgehead atoms. The molecule has 3 nitrogen and oxygen atoms in total. The Bertz CT molecular complexity index is 408. The molecule has 0 aliphatic rings. The van der Waals surface area contributed by atoms with E-state index in [2.05, 4.69) is 39.5 Å². The first-order valence-corrected chi connectivity index (χ1v) is 16.1. The third-order valence-electron chi connectivity index (χ3n) is 3.65. The van der Waals surface area contributed by atoms with Gasteiger partial charge in [0.15, 0.2) is 0 Å². The SMILES string of the molecule is C=C[Si](C)(C=C)OC([SiH3])(O[Si](C)(C=C)C=C)O[Si](C)(C=C)C=C. The molecule has 0 aromatic heterocycles. The van der Waals surface area contributed by atoms with Gasteiger partial charge in [-0.05, 0) is 19.6 Å². The van der Waals surface area contributed by atoms with Crippen LogP contribution in [0.3, 0.4) is 0 Å². The Balaban J connectivity index is 5.86. The maximum absolute atomic E-state index is 6.32. The predicted molar refractivity (Wildman–Crippen MR) is 112 cm³/mol. The molecule has 0 fully saturated rings. The van der Waals surface area contributed by atoms with Crippen LogP contribution < -0.4 is 0 Å². The number of hydrogen-bond acceptors (Lipinski definition) is 3. The van der Waals surface area contributed by atoms with E-state index in [0.29, 0.717) is 10.2 Å². The molecular formula is C16H30O3Si4. The highest BCUT2D eigenvalue weighted by atomic mass is 28.4. The molecule has 0 atom stereocenters. The molecule has 0 unspecified atom stereocenters. The summed E-state index contributed by atoms with van der Waals surface area (Å²) in [5, 5.41) is 0. The van der Waals surface area contributed by atoms with E-state index >= 15 is 0 Å². The van der Waals surface area contributed by atoms with Crippen LogP contribution in [-0.2, 0) is 13.3 Å². The second kappa shape index (κ2) is 8.33. The third-order valence-corrected chi connectivity index (χ3v) is 12.8. The van der Waals surface area contributed by atoms with Crippen molar-refractivity contribution in [2.75, 3.05) is 0 Å². The quantitative estimate of drug-likeness (QED) is 0.383. The van der Waals surface area contributed by atoms with Crippen LogP contribution in [0.2, 0.25) is 19.6 Å². The van der Waals surface area contributed by atoms with E-state index in [1.807, 2.05) is 19.6 Å². The monoisotopic (exact) mass is 382 g/mol. The fourth-order valence-electron chi connectivity index (χ4n) is 1.76. The smallest absolute Gasteiger partial charge is 0.243 e. The Morgan fingerprint density at radius 3 is 0.913 bits per heavy atom. The fourth-order valence-corrected chi connectivity index (χ4v) is 9.62. The van der Waals surface area contributed by atoms with Crippen LogP contribution in [0, 0.1) is 0 Å². The molecule has 0 N–H and O–H groups in total. The van der Waals surface area contributed by atoms with Gasteiger partial charge in [0, 0.05) is 0 Å². The lowest BCUT2D eigenvalue weighted by molar-refractivity contribution is -0.197. The van der Waals surface area contributed by atoms with Crippen LogP contribution in [0.25, 0.3) is 0 Å². The molecular weight excluding hydrogens is 353 g/mol. The van der Waals surface area contributed by atoms with Crippen LogP contribution in [0.15, 0.2) is 73.7 Å². The maximum Gasteiger partial charge on any atom is 0.243 e. The lowest BCUT2D eigenvalue weighted by Crippen LogP contribution is -2.58. The highest BCUT2D eigenvalue weighted by molar-refractivity contribution is 6.84. The lowest BCUT2D eigenvalue weighted by Gasteiger charge is -2.44. The summed E-state index contributed by atoms with van der Waals surface area (Å²) in [5.41, 5.74) is 9.70. The van der Waals surface area contributed by atoms with E-state index in [0.717, 1.165) is 0 Å². The largest absolute Gasteiger partial charge is 0.367 e. The Labute approximate surface area is 147 Å². The molecule has 0 saturated carbocycles. The first kappa shape index (κ1) is 22.2. The minimum Gasteiger partial charge on any atom is -0.367 e. The summed E-state index contributed by atoms with van der Waals surface area (Å²) >= 11 is 0. The summed E-state index contributed by atoms with van der Waals surface area (Å²) in [7, 11) is -6.60. The van der Waals surface area contributed by atoms with Crippen molar-refractivity contribution in [2.45, 2.75) is 25.2 Å². The van der Waals surface area contributed by atoms with E-state index < -0.39 is 30.5 Å². The van der Waals surface area contributed by atoms with Gasteiger partial charge in [-0.2, -0.15) is 0 Å². The maximum atomic E-state index is 6.32. The van der Waals surface area contributed by atoms with Crippen molar-refractivity contribution in [1.82, 2.24) is 0 Å². The minimum atomic E-state index is -2.36. The topological polar surface area (TPSA) is 27.7 Å². The molecule has 0 aromatic rings. The number of rotatable bonds is 12. The summed E-state index contributed by atoms with van der Waals surface area (Å²) in [4.78, 5) is 0. The molecule has 0 aromatic carbocycles. The average Bonchev–Trinajstić information content (AvgIpc) is 2.53. The Morgan fingerprint density at radius 2 is 0.783 bits per heavy atom. The molecule has 0 aliphatic heterocycles. The molecule has 0 aliphatic carbocycles. The van der Waals surface area contributed by atoms with Crippen molar-refractivity contribution in [3.05, 3.63) is 73.7 Å². The van der Waals surface area contributed by atoms with Crippen LogP contribution >= 0.6 is 0 Å². The van der Waals surface area contributed by atoms with Gasteiger partial charge >= 0.3 is 0 Å². The van der Waals surface area contributed by atoms with Gasteiger partial charge in [0.25, 0.3) is 0 Å². The fraction of sp³-hybridized carbons (Fsp3) is 0.250. The second-order valence-corrected chi connectivity index (χ2v) is 17.3. The molecule has 7 heteroatoms. The standard InChI is InChI=1S/C16H30O3Si4/c1-10-21(7,11-2)17-16(20,18-22(8,12-3)13-4)19-23(9,14-5)15-6/h10-15H,1-6H2,7-9,20H3. The Hall–Kier alpha value is -0.812. The van der Waals surface area contributed by atoms with Crippen LogP contribution in [0.4, 0.5) is 0 Å². The zero-order chi connectivity index (χ0) is 18.4. The van der Waals surface area contributed by atoms with E-state index in [1.165, 1.54) is 0 Å². The van der Waals surface area contributed by atoms with Crippen molar-refractivity contribution in [3.8, 4) is 0 Å². The molecule has 0 amide bonds. The zero-order valence-corrected chi connectivity index (χ0v) is 19.9. The molecule has 0 heterocycles. The highest BCUT2D eigenvalue weighted by Crippen LogP contribution is 2.28. The van der Waals surface area contributed by atoms with Crippen molar-refractivity contribution < 1.29 is 13.3 Å². The molecule has 0 radical (unpaired) electrons. The first-order chi connectivity index (χ1) is 10.5. The Kier molecular flexibility index (Phi) is 8.04. The van der Waals surface area contributed by atoms with Gasteiger partial charge in [-0.15, -0.1) is 39.5 Å². The average molecular weight is 383 g/mol. The van der Waals surface area contributed by atoms with Crippen LogP contribution in [0.1, 0.15) is 0 Å². The van der Waals surface area contributed by atoms with Gasteiger partial charge in [-0.25, -0.2) is 0 Å². The van der Waals surface area contributed by atoms with Gasteiger partial charge in [-0.3, -0.25) is 0 Å². The van der Waals surface area contributed by atoms with Crippen molar-refractivity contribution in [2.24, 2.45) is 0 Å². The molecule has 0 saturated heterocycles. The van der Waals surface area contributed by atoms with E-state index in [4.69, 9.17) is 13.3 Å². The van der Waals surface area contributed by atoms with E-state index in [-0.39, 0.29) is 0 Å². The molecule has 0 rings (SSSR count). The Morgan fingerprint density at radius 1 is 0.609 bits per heavy atom. The van der Waals surface area contributed by atoms with Crippen molar-refractivity contribution in [1.29, 1.82) is 0 Å². The third kappa shape index (κ3) is 6.30. The van der Waals surface area contributed by atoms with Gasteiger partial charge in [-0.1, -0.05) is 34.2 Å². The van der Waals surface area contributed by atoms with Gasteiger partial charge in [0.05, 0.1) is 0 Å². The first-order valence-electron chi connectivity index (χ1n) is 7.41. The van der Waals surface area contributed by atoms with Gasteiger partial charge in [0.2, 0.25) is 30.5 Å². The lowest BCUT2D eigenvalue weighted by atomic mass is 11.2. The normalized spacial score (nSPS) is 13.2. The van der Waals surface area contributed by atoms with Crippen molar-refractivity contribution >= 4 is 35.2 Å². The molecule has 23 heavy (non-hydrogen) atoms. The van der Waals surface area contributed by atoms with Gasteiger partial charge in [0.1, 0.15) is 10.2 Å². The summed E-state index contributed by atoms with van der Waals surface area (Å²) in [5.74, 6) is 0. The molecule has 0 spiro atoms. The second-order valence-electron chi connectivity index (χ2n) is 5.94. The summed E-state index contributed by atoms with van der Waals surface area (Å²) < 4.78 is 19.0. The highest BCUT2D eigenvalue weighted by Gasteiger charge is 2.44. The summed E-state index contributed by atoms with van der Waals surface area (Å²) in [6.45, 7) is 29.2. The van der Waals surface area contributed by atoms with Crippen molar-refractivity contribution in [3.63, 3.8) is 0 Å². The van der Waals surface area contributed by atoms with E-state index in [1.54, 1.807) is 34.2 Å². The molecule has 128 valence electrons. The van der Waals surface area contributed by atoms with Crippen LogP contribution in [0.5, 0.6) is 0 Å². The summed E-state index contributed by atoms with van der Waals surface area (Å²) in [6, 6.07) is 0. The van der Waals surface area contributed by atoms with Gasteiger partial charge < -0.3 is 13.3 Å². The number of hydrogen-bond donors (Lipinski definition) is 0. The van der Waals surface area contributed by atoms with E-state index in [9.17, 15) is 0 Å². The minimum absolute atomic E-state index is 0.489. The zero-order valence-electron chi connectivity index (χ0n) is 14.9. The van der Waals surface area contributed by atoms with Crippen LogP contribution in [-0.4, -0.2) is 40.8 Å².